The van der Waals surface area contributed by atoms with Crippen molar-refractivity contribution in [1.29, 1.82) is 0 Å². The molecule has 0 aliphatic carbocycles. The van der Waals surface area contributed by atoms with Crippen molar-refractivity contribution in [3.63, 3.8) is 0 Å². The lowest BCUT2D eigenvalue weighted by Crippen LogP contribution is -2.24. The number of anilines is 1. The summed E-state index contributed by atoms with van der Waals surface area (Å²) in [6.45, 7) is 1.98. The lowest BCUT2D eigenvalue weighted by molar-refractivity contribution is 0.0697. The fraction of sp³-hybridized carbons (Fsp3) is 0.188. The monoisotopic (exact) mass is 323 g/mol. The third-order valence-corrected chi connectivity index (χ3v) is 4.06. The first-order chi connectivity index (χ1) is 9.91. The highest BCUT2D eigenvalue weighted by molar-refractivity contribution is 6.34. The maximum atomic E-state index is 11.4. The topological polar surface area (TPSA) is 40.5 Å². The molecular weight excluding hydrogens is 309 g/mol. The van der Waals surface area contributed by atoms with Crippen molar-refractivity contribution in [1.82, 2.24) is 0 Å². The van der Waals surface area contributed by atoms with Gasteiger partial charge in [0.25, 0.3) is 0 Å². The number of rotatable bonds is 4. The van der Waals surface area contributed by atoms with Crippen LogP contribution in [-0.2, 0) is 0 Å². The summed E-state index contributed by atoms with van der Waals surface area (Å²) >= 11 is 12.1. The summed E-state index contributed by atoms with van der Waals surface area (Å²) in [6, 6.07) is 12.3. The average molecular weight is 324 g/mol. The van der Waals surface area contributed by atoms with Crippen LogP contribution in [0.3, 0.4) is 0 Å². The molecule has 1 atom stereocenters. The quantitative estimate of drug-likeness (QED) is 0.870. The van der Waals surface area contributed by atoms with E-state index in [9.17, 15) is 9.90 Å². The minimum Gasteiger partial charge on any atom is -0.478 e. The van der Waals surface area contributed by atoms with E-state index in [0.717, 1.165) is 5.56 Å². The number of benzene rings is 2. The van der Waals surface area contributed by atoms with E-state index in [1.54, 1.807) is 18.2 Å². The second-order valence-corrected chi connectivity index (χ2v) is 5.62. The number of aromatic carboxylic acids is 1. The predicted octanol–water partition coefficient (Wildman–Crippen LogP) is 4.89. The van der Waals surface area contributed by atoms with Crippen LogP contribution in [0.5, 0.6) is 0 Å². The number of para-hydroxylation sites is 1. The maximum Gasteiger partial charge on any atom is 0.337 e. The van der Waals surface area contributed by atoms with Gasteiger partial charge in [0, 0.05) is 12.1 Å². The molecule has 0 heterocycles. The number of carboxylic acids is 1. The van der Waals surface area contributed by atoms with E-state index in [2.05, 4.69) is 0 Å². The van der Waals surface area contributed by atoms with Gasteiger partial charge >= 0.3 is 5.97 Å². The normalized spacial score (nSPS) is 12.0. The molecule has 3 nitrogen and oxygen atoms in total. The first kappa shape index (κ1) is 15.7. The summed E-state index contributed by atoms with van der Waals surface area (Å²) in [4.78, 5) is 13.2. The molecule has 5 heteroatoms. The molecular formula is C16H15Cl2NO2. The number of hydrogen-bond acceptors (Lipinski definition) is 2. The lowest BCUT2D eigenvalue weighted by atomic mass is 10.1. The summed E-state index contributed by atoms with van der Waals surface area (Å²) in [5.41, 5.74) is 1.72. The van der Waals surface area contributed by atoms with E-state index in [4.69, 9.17) is 23.2 Å². The van der Waals surface area contributed by atoms with Crippen LogP contribution >= 0.6 is 23.2 Å². The van der Waals surface area contributed by atoms with Gasteiger partial charge in [0.2, 0.25) is 0 Å². The minimum atomic E-state index is -0.998. The Morgan fingerprint density at radius 2 is 1.76 bits per heavy atom. The summed E-state index contributed by atoms with van der Waals surface area (Å²) in [6.07, 6.45) is 0. The predicted molar refractivity (Wildman–Crippen MR) is 86.7 cm³/mol. The Labute approximate surface area is 133 Å². The van der Waals surface area contributed by atoms with E-state index in [0.29, 0.717) is 15.7 Å². The van der Waals surface area contributed by atoms with Crippen molar-refractivity contribution in [3.05, 3.63) is 63.6 Å². The van der Waals surface area contributed by atoms with Crippen LogP contribution in [-0.4, -0.2) is 18.1 Å². The Morgan fingerprint density at radius 3 is 2.33 bits per heavy atom. The zero-order valence-corrected chi connectivity index (χ0v) is 13.2. The fourth-order valence-corrected chi connectivity index (χ4v) is 2.64. The van der Waals surface area contributed by atoms with E-state index >= 15 is 0 Å². The Kier molecular flexibility index (Phi) is 4.76. The highest BCUT2D eigenvalue weighted by Crippen LogP contribution is 2.34. The fourth-order valence-electron chi connectivity index (χ4n) is 2.20. The van der Waals surface area contributed by atoms with Gasteiger partial charge in [-0.05, 0) is 36.8 Å². The number of carbonyl (C=O) groups is 1. The van der Waals surface area contributed by atoms with Crippen molar-refractivity contribution < 1.29 is 9.90 Å². The molecule has 0 aliphatic rings. The number of hydrogen-bond donors (Lipinski definition) is 1. The Morgan fingerprint density at radius 1 is 1.14 bits per heavy atom. The van der Waals surface area contributed by atoms with Gasteiger partial charge in [-0.15, -0.1) is 0 Å². The molecule has 0 saturated heterocycles. The second-order valence-electron chi connectivity index (χ2n) is 4.78. The third-order valence-electron chi connectivity index (χ3n) is 3.50. The van der Waals surface area contributed by atoms with Crippen molar-refractivity contribution in [2.45, 2.75) is 13.0 Å². The van der Waals surface area contributed by atoms with Crippen LogP contribution in [0.15, 0.2) is 42.5 Å². The first-order valence-electron chi connectivity index (χ1n) is 6.42. The summed E-state index contributed by atoms with van der Waals surface area (Å²) in [7, 11) is 1.83. The summed E-state index contributed by atoms with van der Waals surface area (Å²) < 4.78 is 0. The van der Waals surface area contributed by atoms with Gasteiger partial charge in [0.15, 0.2) is 0 Å². The molecule has 0 spiro atoms. The maximum absolute atomic E-state index is 11.4. The van der Waals surface area contributed by atoms with Crippen LogP contribution < -0.4 is 4.90 Å². The molecule has 0 radical (unpaired) electrons. The molecule has 1 N–H and O–H groups in total. The molecule has 0 fully saturated rings. The SMILES string of the molecule is CC(c1ccc(Cl)cc1)N(C)c1c(Cl)cccc1C(=O)O. The molecule has 110 valence electrons. The largest absolute Gasteiger partial charge is 0.478 e. The van der Waals surface area contributed by atoms with Gasteiger partial charge in [-0.3, -0.25) is 0 Å². The van der Waals surface area contributed by atoms with Gasteiger partial charge in [-0.2, -0.15) is 0 Å². The minimum absolute atomic E-state index is 0.0414. The Hall–Kier alpha value is -1.71. The molecule has 0 aliphatic heterocycles. The number of carboxylic acid groups (broad SMARTS) is 1. The van der Waals surface area contributed by atoms with Gasteiger partial charge in [0.05, 0.1) is 22.3 Å². The Bertz CT molecular complexity index is 656. The third kappa shape index (κ3) is 3.31. The zero-order chi connectivity index (χ0) is 15.6. The van der Waals surface area contributed by atoms with Crippen LogP contribution in [0.2, 0.25) is 10.0 Å². The van der Waals surface area contributed by atoms with Crippen molar-refractivity contribution in [2.75, 3.05) is 11.9 Å². The van der Waals surface area contributed by atoms with E-state index < -0.39 is 5.97 Å². The molecule has 1 unspecified atom stereocenters. The molecule has 21 heavy (non-hydrogen) atoms. The Balaban J connectivity index is 2.42. The smallest absolute Gasteiger partial charge is 0.337 e. The van der Waals surface area contributed by atoms with Gasteiger partial charge in [-0.25, -0.2) is 4.79 Å². The molecule has 0 amide bonds. The average Bonchev–Trinajstić information content (AvgIpc) is 2.46. The van der Waals surface area contributed by atoms with E-state index in [-0.39, 0.29) is 11.6 Å². The lowest BCUT2D eigenvalue weighted by Gasteiger charge is -2.29. The highest BCUT2D eigenvalue weighted by Gasteiger charge is 2.21. The first-order valence-corrected chi connectivity index (χ1v) is 7.17. The summed E-state index contributed by atoms with van der Waals surface area (Å²) in [5.74, 6) is -0.998. The van der Waals surface area contributed by atoms with Crippen molar-refractivity contribution in [2.24, 2.45) is 0 Å². The van der Waals surface area contributed by atoms with Crippen LogP contribution in [0.25, 0.3) is 0 Å². The van der Waals surface area contributed by atoms with Crippen LogP contribution in [0.1, 0.15) is 28.9 Å². The van der Waals surface area contributed by atoms with Gasteiger partial charge < -0.3 is 10.0 Å². The van der Waals surface area contributed by atoms with E-state index in [1.807, 2.05) is 43.1 Å². The second kappa shape index (κ2) is 6.37. The summed E-state index contributed by atoms with van der Waals surface area (Å²) in [5, 5.41) is 10.4. The zero-order valence-electron chi connectivity index (χ0n) is 11.7. The molecule has 2 aromatic carbocycles. The molecule has 2 aromatic rings. The molecule has 0 bridgehead atoms. The van der Waals surface area contributed by atoms with Crippen molar-refractivity contribution in [3.8, 4) is 0 Å². The van der Waals surface area contributed by atoms with E-state index in [1.165, 1.54) is 0 Å². The molecule has 0 saturated carbocycles. The highest BCUT2D eigenvalue weighted by atomic mass is 35.5. The molecule has 0 aromatic heterocycles. The standard InChI is InChI=1S/C16H15Cl2NO2/c1-10(11-6-8-12(17)9-7-11)19(2)15-13(16(20)21)4-3-5-14(15)18/h3-10H,1-2H3,(H,20,21). The van der Waals surface area contributed by atoms with Crippen LogP contribution in [0, 0.1) is 0 Å². The number of nitrogens with zero attached hydrogens (tertiary/aromatic N) is 1. The number of halogens is 2. The molecule has 2 rings (SSSR count). The van der Waals surface area contributed by atoms with Gasteiger partial charge in [-0.1, -0.05) is 41.4 Å². The van der Waals surface area contributed by atoms with Gasteiger partial charge in [0.1, 0.15) is 0 Å². The van der Waals surface area contributed by atoms with Crippen molar-refractivity contribution >= 4 is 34.9 Å². The van der Waals surface area contributed by atoms with Crippen LogP contribution in [0.4, 0.5) is 5.69 Å².